The number of anilines is 2. The lowest BCUT2D eigenvalue weighted by molar-refractivity contribution is -0.122. The number of piperazine rings is 1. The fourth-order valence-electron chi connectivity index (χ4n) is 12.2. The summed E-state index contributed by atoms with van der Waals surface area (Å²) in [7, 11) is 0.713. The van der Waals surface area contributed by atoms with E-state index in [1.54, 1.807) is 68.3 Å². The highest BCUT2D eigenvalue weighted by Crippen LogP contribution is 2.51. The number of aromatic nitrogens is 7. The van der Waals surface area contributed by atoms with Gasteiger partial charge in [-0.2, -0.15) is 15.0 Å². The normalized spacial score (nSPS) is 12.9. The van der Waals surface area contributed by atoms with Gasteiger partial charge in [-0.1, -0.05) is 81.6 Å². The first kappa shape index (κ1) is 90.9. The second-order valence-corrected chi connectivity index (χ2v) is 32.4. The molecule has 1 saturated heterocycles. The number of nitrogens with two attached hydrogens (primary N) is 1. The van der Waals surface area contributed by atoms with Crippen LogP contribution in [-0.4, -0.2) is 189 Å². The summed E-state index contributed by atoms with van der Waals surface area (Å²) in [6.07, 6.45) is 11.4. The van der Waals surface area contributed by atoms with Gasteiger partial charge in [0.2, 0.25) is 35.5 Å². The number of ether oxygens (including phenoxy) is 3. The summed E-state index contributed by atoms with van der Waals surface area (Å²) in [6.45, 7) is 13.1. The van der Waals surface area contributed by atoms with Gasteiger partial charge in [-0.05, 0) is 122 Å². The van der Waals surface area contributed by atoms with E-state index in [-0.39, 0.29) is 129 Å². The van der Waals surface area contributed by atoms with Gasteiger partial charge in [0.1, 0.15) is 65.9 Å². The minimum absolute atomic E-state index is 0.0112. The Morgan fingerprint density at radius 1 is 0.719 bits per heavy atom. The highest BCUT2D eigenvalue weighted by molar-refractivity contribution is 9.10. The van der Waals surface area contributed by atoms with Crippen molar-refractivity contribution in [1.82, 2.24) is 60.9 Å². The number of nitrogens with one attached hydrogen (secondary N) is 4. The van der Waals surface area contributed by atoms with Crippen molar-refractivity contribution in [3.8, 4) is 40.0 Å². The van der Waals surface area contributed by atoms with E-state index in [2.05, 4.69) is 62.5 Å². The first-order valence-corrected chi connectivity index (χ1v) is 41.9. The molecule has 5 heterocycles. The number of likely N-dealkylation sites (N-methyl/N-ethyl adjacent to an activating group) is 1. The molecular weight excluding hydrogens is 1550 g/mol. The third-order valence-corrected chi connectivity index (χ3v) is 23.2. The van der Waals surface area contributed by atoms with Crippen LogP contribution in [0.5, 0.6) is 17.5 Å². The molecule has 0 bridgehead atoms. The van der Waals surface area contributed by atoms with Crippen LogP contribution in [0.25, 0.3) is 44.3 Å². The van der Waals surface area contributed by atoms with Crippen LogP contribution in [0.15, 0.2) is 111 Å². The Morgan fingerprint density at radius 3 is 2.12 bits per heavy atom. The summed E-state index contributed by atoms with van der Waals surface area (Å²) < 4.78 is 40.4. The van der Waals surface area contributed by atoms with Crippen molar-refractivity contribution in [2.24, 2.45) is 5.73 Å². The number of unbranched alkanes of at least 4 members (excludes halogenated alkanes) is 6. The van der Waals surface area contributed by atoms with Gasteiger partial charge in [0.25, 0.3) is 0 Å². The summed E-state index contributed by atoms with van der Waals surface area (Å²) in [5.41, 5.74) is 10.4. The summed E-state index contributed by atoms with van der Waals surface area (Å²) in [4.78, 5) is 129. The zero-order valence-electron chi connectivity index (χ0n) is 66.3. The predicted octanol–water partition coefficient (Wildman–Crippen LogP) is 11.3. The van der Waals surface area contributed by atoms with Crippen molar-refractivity contribution in [3.05, 3.63) is 123 Å². The molecular formula is C81H109BrN15O16P. The number of ketones is 3. The zero-order chi connectivity index (χ0) is 82.5. The number of carbonyl (C=O) groups is 8. The van der Waals surface area contributed by atoms with Crippen LogP contribution in [0, 0.1) is 0 Å². The molecule has 616 valence electrons. The molecule has 8 N–H and O–H groups in total. The summed E-state index contributed by atoms with van der Waals surface area (Å²) in [5, 5.41) is 40.6. The van der Waals surface area contributed by atoms with Crippen LogP contribution >= 0.6 is 23.2 Å². The number of hydrogen-bond acceptors (Lipinski definition) is 24. The van der Waals surface area contributed by atoms with Gasteiger partial charge in [0.15, 0.2) is 5.43 Å². The van der Waals surface area contributed by atoms with E-state index in [0.717, 1.165) is 59.6 Å². The highest BCUT2D eigenvalue weighted by Gasteiger charge is 2.33. The van der Waals surface area contributed by atoms with E-state index >= 15 is 0 Å². The maximum atomic E-state index is 13.3. The fourth-order valence-corrected chi connectivity index (χ4v) is 14.3. The second-order valence-electron chi connectivity index (χ2n) is 28.2. The Hall–Kier alpha value is -10.3. The number of aromatic hydroxyl groups is 2. The highest BCUT2D eigenvalue weighted by atomic mass is 79.9. The molecule has 0 radical (unpaired) electrons. The molecule has 2 atom stereocenters. The Labute approximate surface area is 672 Å². The number of phenolic OH excluding ortho intramolecular Hbond substituents is 2. The molecule has 2 unspecified atom stereocenters. The number of rotatable bonds is 44. The van der Waals surface area contributed by atoms with Gasteiger partial charge >= 0.3 is 12.1 Å². The molecule has 5 amide bonds. The number of amides is 5. The van der Waals surface area contributed by atoms with E-state index in [1.807, 2.05) is 79.5 Å². The number of nitrogens with zero attached hydrogens (tertiary/aromatic N) is 10. The van der Waals surface area contributed by atoms with Crippen molar-refractivity contribution in [3.63, 3.8) is 0 Å². The SMILES string of the molecule is CCC(=O)CCCCCCC(C)=O.CNC(=O)CCn1cc(CNC(=O)CCCCCNC(=O)OC(CCCC(=O)CCCCC(=O)NCCOCCOc2nc(N(C)CC(N)=O)nc(N3CCN(P(C)(=O)C(C)C)CC3)n2)c2ccc3ccc(O)c(Br)c3n2)nn1.O=c1ccc2c(-c3ccccc3)c3ccc(O)cc3oc-2c1. The average molecular weight is 1660 g/mol. The second kappa shape index (κ2) is 47.4. The van der Waals surface area contributed by atoms with Gasteiger partial charge in [0, 0.05) is 151 Å². The van der Waals surface area contributed by atoms with E-state index in [4.69, 9.17) is 29.3 Å². The van der Waals surface area contributed by atoms with Crippen molar-refractivity contribution in [1.29, 1.82) is 0 Å². The summed E-state index contributed by atoms with van der Waals surface area (Å²) in [6, 6.07) is 26.7. The lowest BCUT2D eigenvalue weighted by atomic mass is 9.94. The van der Waals surface area contributed by atoms with Gasteiger partial charge in [-0.3, -0.25) is 38.2 Å². The Bertz CT molecular complexity index is 4560. The number of aryl methyl sites for hydroxylation is 1. The topological polar surface area (TPSA) is 418 Å². The number of carbonyl (C=O) groups excluding carboxylic acids is 8. The van der Waals surface area contributed by atoms with Gasteiger partial charge < -0.3 is 75.0 Å². The van der Waals surface area contributed by atoms with Crippen molar-refractivity contribution >= 4 is 104 Å². The Kier molecular flexibility index (Phi) is 37.8. The van der Waals surface area contributed by atoms with E-state index in [1.165, 1.54) is 17.0 Å². The number of fused-ring (bicyclic) bond motifs is 3. The zero-order valence-corrected chi connectivity index (χ0v) is 68.8. The minimum atomic E-state index is -2.49. The van der Waals surface area contributed by atoms with Crippen molar-refractivity contribution in [2.45, 2.75) is 175 Å². The van der Waals surface area contributed by atoms with Crippen LogP contribution in [0.2, 0.25) is 0 Å². The van der Waals surface area contributed by atoms with E-state index in [9.17, 15) is 57.9 Å². The number of halogens is 1. The number of Topliss-reactive ketones (excluding diaryl/α,β-unsaturated/α-hetero) is 3. The monoisotopic (exact) mass is 1660 g/mol. The number of hydrogen-bond donors (Lipinski definition) is 7. The molecule has 1 fully saturated rings. The smallest absolute Gasteiger partial charge is 0.407 e. The molecule has 0 spiro atoms. The number of phenols is 2. The maximum absolute atomic E-state index is 13.3. The Morgan fingerprint density at radius 2 is 1.40 bits per heavy atom. The molecule has 3 aromatic carbocycles. The van der Waals surface area contributed by atoms with E-state index < -0.39 is 25.4 Å². The first-order valence-electron chi connectivity index (χ1n) is 38.9. The van der Waals surface area contributed by atoms with Crippen LogP contribution < -0.4 is 47.0 Å². The molecule has 114 heavy (non-hydrogen) atoms. The molecule has 9 rings (SSSR count). The minimum Gasteiger partial charge on any atom is -0.508 e. The fraction of sp³-hybridized carbons (Fsp3) is 0.494. The quantitative estimate of drug-likeness (QED) is 0.0106. The summed E-state index contributed by atoms with van der Waals surface area (Å²) >= 11 is 3.40. The van der Waals surface area contributed by atoms with Crippen LogP contribution in [0.4, 0.5) is 16.7 Å². The van der Waals surface area contributed by atoms with Crippen molar-refractivity contribution < 1.29 is 71.8 Å². The van der Waals surface area contributed by atoms with E-state index in [0.29, 0.717) is 148 Å². The largest absolute Gasteiger partial charge is 0.508 e. The molecule has 0 saturated carbocycles. The maximum Gasteiger partial charge on any atom is 0.407 e. The molecule has 6 aromatic rings. The molecule has 3 aromatic heterocycles. The standard InChI is InChI=1S/C51H77BrN15O11P.C19H12O3.C11H20O2/c1-35(2)79(5,75)67-27-25-65(26-28-67)49-59-48(64(4)34-42(53)70)60-50(61-49)77-31-30-76-29-23-55-44(72)16-9-8-12-38(68)13-11-14-41(39-19-17-36-18-20-40(69)46(52)47(36)58-39)78-51(74)56-22-10-6-7-15-45(73)57-32-37-33-66(63-62-37)24-21-43(71)54-3;20-13-6-8-15-17(10-13)22-18-11-14(21)7-9-16(18)19(15)12-4-2-1-3-5-12;1-3-11(13)9-7-5-4-6-8-10(2)12/h17-20,33,35,41,69H,6-16,21-32,34H2,1-5H3,(H2,53,70)(H,54,71)(H,55,72)(H,56,74)(H,57,73);1-11,20H;3-9H2,1-2H3. The third kappa shape index (κ3) is 30.6. The first-order chi connectivity index (χ1) is 54.7. The number of pyridine rings is 1. The summed E-state index contributed by atoms with van der Waals surface area (Å²) in [5.74, 6) is 0.907. The average Bonchev–Trinajstić information content (AvgIpc) is 0.823. The number of primary amides is 1. The van der Waals surface area contributed by atoms with Crippen molar-refractivity contribution in [2.75, 3.05) is 96.2 Å². The molecule has 33 heteroatoms. The van der Waals surface area contributed by atoms with Crippen LogP contribution in [0.1, 0.15) is 167 Å². The molecule has 3 aliphatic rings. The Balaban J connectivity index is 0.000000414. The molecule has 31 nitrogen and oxygen atoms in total. The molecule has 2 aliphatic heterocycles. The third-order valence-electron chi connectivity index (χ3n) is 18.9. The number of alkyl carbamates (subject to hydrolysis) is 1. The van der Waals surface area contributed by atoms with Gasteiger partial charge in [-0.25, -0.2) is 14.4 Å². The van der Waals surface area contributed by atoms with Gasteiger partial charge in [0.05, 0.1) is 54.7 Å². The predicted molar refractivity (Wildman–Crippen MR) is 439 cm³/mol. The van der Waals surface area contributed by atoms with Crippen LogP contribution in [0.3, 0.4) is 0 Å². The lowest BCUT2D eigenvalue weighted by Gasteiger charge is -2.39. The van der Waals surface area contributed by atoms with Crippen LogP contribution in [-0.2, 0) is 60.7 Å². The molecule has 1 aliphatic carbocycles. The van der Waals surface area contributed by atoms with Gasteiger partial charge in [-0.15, -0.1) is 5.10 Å². The number of benzene rings is 4. The lowest BCUT2D eigenvalue weighted by Crippen LogP contribution is -2.46.